The van der Waals surface area contributed by atoms with Crippen LogP contribution in [0.25, 0.3) is 0 Å². The molecule has 1 atom stereocenters. The second-order valence-electron chi connectivity index (χ2n) is 4.18. The molecule has 0 spiro atoms. The summed E-state index contributed by atoms with van der Waals surface area (Å²) in [6.07, 6.45) is 2.74. The van der Waals surface area contributed by atoms with Gasteiger partial charge >= 0.3 is 0 Å². The lowest BCUT2D eigenvalue weighted by Crippen LogP contribution is -2.20. The lowest BCUT2D eigenvalue weighted by molar-refractivity contribution is 0.572. The third-order valence-corrected chi connectivity index (χ3v) is 3.49. The van der Waals surface area contributed by atoms with Crippen molar-refractivity contribution in [3.63, 3.8) is 0 Å². The van der Waals surface area contributed by atoms with Gasteiger partial charge in [0.1, 0.15) is 0 Å². The Morgan fingerprint density at radius 2 is 2.18 bits per heavy atom. The van der Waals surface area contributed by atoms with E-state index in [-0.39, 0.29) is 6.04 Å². The number of hydrogen-bond acceptors (Lipinski definition) is 4. The first-order chi connectivity index (χ1) is 8.19. The van der Waals surface area contributed by atoms with E-state index in [1.165, 1.54) is 5.56 Å². The second-order valence-corrected chi connectivity index (χ2v) is 5.16. The lowest BCUT2D eigenvalue weighted by Gasteiger charge is -2.15. The second kappa shape index (κ2) is 5.38. The summed E-state index contributed by atoms with van der Waals surface area (Å²) >= 11 is 1.69. The van der Waals surface area contributed by atoms with Crippen LogP contribution >= 0.6 is 11.3 Å². The van der Waals surface area contributed by atoms with E-state index >= 15 is 0 Å². The molecule has 0 fully saturated rings. The lowest BCUT2D eigenvalue weighted by atomic mass is 10.1. The number of aryl methyl sites for hydroxylation is 2. The number of hydrogen-bond donors (Lipinski definition) is 1. The quantitative estimate of drug-likeness (QED) is 0.902. The zero-order chi connectivity index (χ0) is 12.3. The molecule has 0 aliphatic carbocycles. The molecule has 0 saturated carbocycles. The first-order valence-electron chi connectivity index (χ1n) is 5.70. The molecule has 4 heteroatoms. The molecule has 0 aromatic carbocycles. The Labute approximate surface area is 106 Å². The molecule has 90 valence electrons. The normalized spacial score (nSPS) is 12.6. The summed E-state index contributed by atoms with van der Waals surface area (Å²) in [4.78, 5) is 8.93. The topological polar surface area (TPSA) is 37.8 Å². The average Bonchev–Trinajstić information content (AvgIpc) is 2.77. The maximum absolute atomic E-state index is 4.60. The zero-order valence-electron chi connectivity index (χ0n) is 10.4. The van der Waals surface area contributed by atoms with Gasteiger partial charge in [-0.15, -0.1) is 11.3 Å². The Hall–Kier alpha value is -1.26. The van der Waals surface area contributed by atoms with Crippen molar-refractivity contribution in [2.75, 3.05) is 7.05 Å². The third kappa shape index (κ3) is 3.11. The van der Waals surface area contributed by atoms with E-state index in [9.17, 15) is 0 Å². The standard InChI is InChI=1S/C13H17N3S/c1-9-6-10(2)16-12(7-9)11(14-3)8-13-15-4-5-17-13/h4-7,11,14H,8H2,1-3H3. The molecule has 2 aromatic heterocycles. The van der Waals surface area contributed by atoms with Crippen LogP contribution in [0.1, 0.15) is 28.0 Å². The van der Waals surface area contributed by atoms with Crippen LogP contribution < -0.4 is 5.32 Å². The van der Waals surface area contributed by atoms with Crippen LogP contribution in [0.4, 0.5) is 0 Å². The maximum Gasteiger partial charge on any atom is 0.0944 e. The third-order valence-electron chi connectivity index (χ3n) is 2.69. The number of thiazole rings is 1. The molecule has 0 aliphatic rings. The number of nitrogens with zero attached hydrogens (tertiary/aromatic N) is 2. The van der Waals surface area contributed by atoms with Gasteiger partial charge in [-0.1, -0.05) is 0 Å². The van der Waals surface area contributed by atoms with Crippen molar-refractivity contribution in [3.8, 4) is 0 Å². The minimum Gasteiger partial charge on any atom is -0.311 e. The molecule has 0 radical (unpaired) electrons. The Kier molecular flexibility index (Phi) is 3.86. The van der Waals surface area contributed by atoms with E-state index in [0.29, 0.717) is 0 Å². The van der Waals surface area contributed by atoms with Gasteiger partial charge in [0.2, 0.25) is 0 Å². The highest BCUT2D eigenvalue weighted by Crippen LogP contribution is 2.19. The fraction of sp³-hybridized carbons (Fsp3) is 0.385. The minimum atomic E-state index is 0.236. The van der Waals surface area contributed by atoms with E-state index in [0.717, 1.165) is 22.8 Å². The van der Waals surface area contributed by atoms with Gasteiger partial charge in [-0.3, -0.25) is 4.98 Å². The van der Waals surface area contributed by atoms with Crippen molar-refractivity contribution in [2.24, 2.45) is 0 Å². The van der Waals surface area contributed by atoms with E-state index in [2.05, 4.69) is 34.3 Å². The van der Waals surface area contributed by atoms with Crippen LogP contribution in [0.2, 0.25) is 0 Å². The molecule has 2 heterocycles. The summed E-state index contributed by atoms with van der Waals surface area (Å²) in [5, 5.41) is 6.47. The fourth-order valence-electron chi connectivity index (χ4n) is 1.93. The highest BCUT2D eigenvalue weighted by Gasteiger charge is 2.13. The van der Waals surface area contributed by atoms with Gasteiger partial charge in [-0.05, 0) is 38.6 Å². The van der Waals surface area contributed by atoms with Crippen molar-refractivity contribution in [3.05, 3.63) is 45.7 Å². The zero-order valence-corrected chi connectivity index (χ0v) is 11.2. The van der Waals surface area contributed by atoms with Crippen molar-refractivity contribution < 1.29 is 0 Å². The maximum atomic E-state index is 4.60. The van der Waals surface area contributed by atoms with Crippen molar-refractivity contribution >= 4 is 11.3 Å². The summed E-state index contributed by atoms with van der Waals surface area (Å²) in [6.45, 7) is 4.14. The smallest absolute Gasteiger partial charge is 0.0944 e. The molecule has 1 N–H and O–H groups in total. The predicted octanol–water partition coefficient (Wildman–Crippen LogP) is 2.66. The number of pyridine rings is 1. The molecule has 2 aromatic rings. The van der Waals surface area contributed by atoms with Crippen LogP contribution in [0.3, 0.4) is 0 Å². The Morgan fingerprint density at radius 1 is 1.35 bits per heavy atom. The highest BCUT2D eigenvalue weighted by molar-refractivity contribution is 7.09. The SMILES string of the molecule is CNC(Cc1nccs1)c1cc(C)cc(C)n1. The summed E-state index contributed by atoms with van der Waals surface area (Å²) in [6, 6.07) is 4.47. The van der Waals surface area contributed by atoms with Crippen LogP contribution in [0.15, 0.2) is 23.7 Å². The number of likely N-dealkylation sites (N-methyl/N-ethyl adjacent to an activating group) is 1. The Morgan fingerprint density at radius 3 is 2.76 bits per heavy atom. The molecule has 0 aliphatic heterocycles. The molecule has 0 amide bonds. The van der Waals surface area contributed by atoms with Crippen LogP contribution in [0, 0.1) is 13.8 Å². The molecule has 1 unspecified atom stereocenters. The molecule has 0 saturated heterocycles. The molecular weight excluding hydrogens is 230 g/mol. The van der Waals surface area contributed by atoms with Crippen molar-refractivity contribution in [2.45, 2.75) is 26.3 Å². The monoisotopic (exact) mass is 247 g/mol. The summed E-state index contributed by atoms with van der Waals surface area (Å²) in [5.41, 5.74) is 3.42. The highest BCUT2D eigenvalue weighted by atomic mass is 32.1. The van der Waals surface area contributed by atoms with Gasteiger partial charge < -0.3 is 5.32 Å². The van der Waals surface area contributed by atoms with E-state index in [1.54, 1.807) is 11.3 Å². The van der Waals surface area contributed by atoms with E-state index in [1.807, 2.05) is 25.5 Å². The number of aromatic nitrogens is 2. The molecule has 17 heavy (non-hydrogen) atoms. The van der Waals surface area contributed by atoms with Gasteiger partial charge in [0.05, 0.1) is 16.7 Å². The van der Waals surface area contributed by atoms with Gasteiger partial charge in [-0.2, -0.15) is 0 Å². The summed E-state index contributed by atoms with van der Waals surface area (Å²) < 4.78 is 0. The predicted molar refractivity (Wildman–Crippen MR) is 71.3 cm³/mol. The van der Waals surface area contributed by atoms with Crippen LogP contribution in [-0.4, -0.2) is 17.0 Å². The van der Waals surface area contributed by atoms with Crippen LogP contribution in [-0.2, 0) is 6.42 Å². The molecule has 3 nitrogen and oxygen atoms in total. The van der Waals surface area contributed by atoms with Gasteiger partial charge in [0.25, 0.3) is 0 Å². The molecule has 2 rings (SSSR count). The number of nitrogens with one attached hydrogen (secondary N) is 1. The van der Waals surface area contributed by atoms with Crippen molar-refractivity contribution in [1.82, 2.24) is 15.3 Å². The van der Waals surface area contributed by atoms with Gasteiger partial charge in [0, 0.05) is 23.7 Å². The molecule has 0 bridgehead atoms. The Bertz CT molecular complexity index is 459. The first-order valence-corrected chi connectivity index (χ1v) is 6.58. The average molecular weight is 247 g/mol. The van der Waals surface area contributed by atoms with Gasteiger partial charge in [-0.25, -0.2) is 4.98 Å². The van der Waals surface area contributed by atoms with E-state index in [4.69, 9.17) is 0 Å². The van der Waals surface area contributed by atoms with Crippen LogP contribution in [0.5, 0.6) is 0 Å². The Balaban J connectivity index is 2.22. The van der Waals surface area contributed by atoms with Crippen molar-refractivity contribution in [1.29, 1.82) is 0 Å². The number of rotatable bonds is 4. The summed E-state index contributed by atoms with van der Waals surface area (Å²) in [5.74, 6) is 0. The van der Waals surface area contributed by atoms with Gasteiger partial charge in [0.15, 0.2) is 0 Å². The van der Waals surface area contributed by atoms with E-state index < -0.39 is 0 Å². The first kappa shape index (κ1) is 12.2. The fourth-order valence-corrected chi connectivity index (χ4v) is 2.60. The molecular formula is C13H17N3S. The minimum absolute atomic E-state index is 0.236. The largest absolute Gasteiger partial charge is 0.311 e. The summed E-state index contributed by atoms with van der Waals surface area (Å²) in [7, 11) is 1.97.